The van der Waals surface area contributed by atoms with E-state index in [1.54, 1.807) is 0 Å². The molecule has 2 saturated carbocycles. The Bertz CT molecular complexity index is 568. The Morgan fingerprint density at radius 2 is 1.57 bits per heavy atom. The van der Waals surface area contributed by atoms with E-state index < -0.39 is 0 Å². The Morgan fingerprint density at radius 1 is 0.893 bits per heavy atom. The predicted octanol–water partition coefficient (Wildman–Crippen LogP) is 7.67. The lowest BCUT2D eigenvalue weighted by Crippen LogP contribution is -2.29. The molecule has 0 unspecified atom stereocenters. The van der Waals surface area contributed by atoms with E-state index in [-0.39, 0.29) is 0 Å². The van der Waals surface area contributed by atoms with Crippen LogP contribution in [0.15, 0.2) is 12.3 Å². The van der Waals surface area contributed by atoms with Crippen molar-refractivity contribution in [2.45, 2.75) is 117 Å². The fraction of sp³-hybridized carbons (Fsp3) is 0.808. The van der Waals surface area contributed by atoms with Gasteiger partial charge in [0.2, 0.25) is 0 Å². The number of nitrogens with zero attached hydrogens (tertiary/aromatic N) is 1. The minimum absolute atomic E-state index is 0.403. The van der Waals surface area contributed by atoms with Crippen molar-refractivity contribution < 1.29 is 4.74 Å². The van der Waals surface area contributed by atoms with Crippen molar-refractivity contribution >= 4 is 0 Å². The second kappa shape index (κ2) is 11.2. The molecule has 0 N–H and O–H groups in total. The molecule has 0 saturated heterocycles. The Labute approximate surface area is 173 Å². The van der Waals surface area contributed by atoms with Crippen LogP contribution in [0.1, 0.15) is 109 Å². The predicted molar refractivity (Wildman–Crippen MR) is 119 cm³/mol. The number of ether oxygens (including phenoxy) is 1. The van der Waals surface area contributed by atoms with Gasteiger partial charge in [-0.1, -0.05) is 52.4 Å². The number of hydrogen-bond acceptors (Lipinski definition) is 2. The van der Waals surface area contributed by atoms with Crippen molar-refractivity contribution in [1.29, 1.82) is 0 Å². The summed E-state index contributed by atoms with van der Waals surface area (Å²) < 4.78 is 6.34. The summed E-state index contributed by atoms with van der Waals surface area (Å²) in [5.41, 5.74) is 2.56. The molecule has 1 heterocycles. The number of hydrogen-bond donors (Lipinski definition) is 0. The van der Waals surface area contributed by atoms with Crippen LogP contribution in [0, 0.1) is 24.7 Å². The maximum atomic E-state index is 6.34. The summed E-state index contributed by atoms with van der Waals surface area (Å²) in [6.45, 7) is 6.82. The number of unbranched alkanes of at least 4 members (excludes halogenated alkanes) is 3. The number of aromatic nitrogens is 1. The van der Waals surface area contributed by atoms with Crippen LogP contribution >= 0.6 is 0 Å². The first-order valence-corrected chi connectivity index (χ1v) is 12.3. The zero-order chi connectivity index (χ0) is 19.8. The van der Waals surface area contributed by atoms with E-state index >= 15 is 0 Å². The molecule has 0 atom stereocenters. The molecule has 0 aromatic carbocycles. The summed E-state index contributed by atoms with van der Waals surface area (Å²) >= 11 is 0. The van der Waals surface area contributed by atoms with Crippen molar-refractivity contribution in [2.75, 3.05) is 0 Å². The van der Waals surface area contributed by atoms with Gasteiger partial charge in [0, 0.05) is 5.69 Å². The maximum absolute atomic E-state index is 6.34. The maximum Gasteiger partial charge on any atom is 0.138 e. The van der Waals surface area contributed by atoms with E-state index in [0.29, 0.717) is 6.10 Å². The van der Waals surface area contributed by atoms with E-state index in [0.717, 1.165) is 29.9 Å². The van der Waals surface area contributed by atoms with Crippen molar-refractivity contribution in [3.63, 3.8) is 0 Å². The summed E-state index contributed by atoms with van der Waals surface area (Å²) in [5, 5.41) is 0. The molecule has 1 aromatic rings. The lowest BCUT2D eigenvalue weighted by Gasteiger charge is -2.37. The smallest absolute Gasteiger partial charge is 0.138 e. The van der Waals surface area contributed by atoms with Crippen LogP contribution in [0.25, 0.3) is 0 Å². The monoisotopic (exact) mass is 385 g/mol. The Hall–Kier alpha value is -1.05. The van der Waals surface area contributed by atoms with E-state index in [1.807, 2.05) is 6.20 Å². The third-order valence-corrected chi connectivity index (χ3v) is 7.59. The molecule has 2 nitrogen and oxygen atoms in total. The number of rotatable bonds is 9. The van der Waals surface area contributed by atoms with Crippen molar-refractivity contribution in [1.82, 2.24) is 4.98 Å². The van der Waals surface area contributed by atoms with Crippen LogP contribution in [0.5, 0.6) is 5.75 Å². The van der Waals surface area contributed by atoms with Crippen molar-refractivity contribution in [2.24, 2.45) is 17.8 Å². The van der Waals surface area contributed by atoms with Gasteiger partial charge in [-0.05, 0) is 87.7 Å². The number of aryl methyl sites for hydroxylation is 2. The molecule has 0 radical (unpaired) electrons. The quantitative estimate of drug-likeness (QED) is 0.407. The highest BCUT2D eigenvalue weighted by Gasteiger charge is 2.31. The largest absolute Gasteiger partial charge is 0.489 e. The molecule has 2 aliphatic rings. The third-order valence-electron chi connectivity index (χ3n) is 7.59. The van der Waals surface area contributed by atoms with Gasteiger partial charge in [0.15, 0.2) is 0 Å². The summed E-state index contributed by atoms with van der Waals surface area (Å²) in [6.07, 6.45) is 21.2. The lowest BCUT2D eigenvalue weighted by atomic mass is 9.70. The van der Waals surface area contributed by atoms with Crippen molar-refractivity contribution in [3.8, 4) is 5.75 Å². The number of pyridine rings is 1. The second-order valence-electron chi connectivity index (χ2n) is 9.59. The second-order valence-corrected chi connectivity index (χ2v) is 9.59. The van der Waals surface area contributed by atoms with Crippen LogP contribution in [0.4, 0.5) is 0 Å². The van der Waals surface area contributed by atoms with Crippen LogP contribution in [0.2, 0.25) is 0 Å². The van der Waals surface area contributed by atoms with Gasteiger partial charge in [0.05, 0.1) is 12.3 Å². The van der Waals surface area contributed by atoms with Gasteiger partial charge >= 0.3 is 0 Å². The standard InChI is InChI=1S/C26H43NO/c1-4-6-7-8-9-26-20(3)18-25(19-27-26)28-24-16-14-23(15-17-24)22-12-10-21(5-2)11-13-22/h18-19,21-24H,4-17H2,1-3H3/t21-,22-,23-,24-. The highest BCUT2D eigenvalue weighted by molar-refractivity contribution is 5.28. The normalized spacial score (nSPS) is 28.2. The van der Waals surface area contributed by atoms with Gasteiger partial charge in [-0.25, -0.2) is 0 Å². The van der Waals surface area contributed by atoms with Gasteiger partial charge in [-0.3, -0.25) is 4.98 Å². The van der Waals surface area contributed by atoms with E-state index in [2.05, 4.69) is 26.8 Å². The van der Waals surface area contributed by atoms with Crippen LogP contribution < -0.4 is 4.74 Å². The van der Waals surface area contributed by atoms with Gasteiger partial charge in [-0.15, -0.1) is 0 Å². The Morgan fingerprint density at radius 3 is 2.18 bits per heavy atom. The van der Waals surface area contributed by atoms with Crippen LogP contribution in [0.3, 0.4) is 0 Å². The van der Waals surface area contributed by atoms with Crippen molar-refractivity contribution in [3.05, 3.63) is 23.5 Å². The summed E-state index contributed by atoms with van der Waals surface area (Å²) in [7, 11) is 0. The molecule has 0 aliphatic heterocycles. The minimum Gasteiger partial charge on any atom is -0.489 e. The molecule has 2 aliphatic carbocycles. The molecule has 2 fully saturated rings. The highest BCUT2D eigenvalue weighted by atomic mass is 16.5. The van der Waals surface area contributed by atoms with E-state index in [9.17, 15) is 0 Å². The van der Waals surface area contributed by atoms with Crippen LogP contribution in [-0.2, 0) is 6.42 Å². The van der Waals surface area contributed by atoms with E-state index in [1.165, 1.54) is 94.7 Å². The average Bonchev–Trinajstić information content (AvgIpc) is 2.73. The summed E-state index contributed by atoms with van der Waals surface area (Å²) in [4.78, 5) is 4.72. The minimum atomic E-state index is 0.403. The van der Waals surface area contributed by atoms with Gasteiger partial charge in [0.25, 0.3) is 0 Å². The first kappa shape index (κ1) is 21.7. The molecule has 0 bridgehead atoms. The topological polar surface area (TPSA) is 22.1 Å². The van der Waals surface area contributed by atoms with Gasteiger partial charge in [-0.2, -0.15) is 0 Å². The fourth-order valence-corrected chi connectivity index (χ4v) is 5.56. The fourth-order valence-electron chi connectivity index (χ4n) is 5.56. The molecule has 0 amide bonds. The molecular weight excluding hydrogens is 342 g/mol. The zero-order valence-electron chi connectivity index (χ0n) is 18.7. The molecule has 1 aromatic heterocycles. The van der Waals surface area contributed by atoms with Gasteiger partial charge < -0.3 is 4.74 Å². The molecule has 3 rings (SSSR count). The molecule has 28 heavy (non-hydrogen) atoms. The van der Waals surface area contributed by atoms with Gasteiger partial charge in [0.1, 0.15) is 5.75 Å². The Balaban J connectivity index is 1.41. The SMILES string of the molecule is CCCCCCc1ncc(O[C@H]2CC[C@H]([C@H]3CC[C@H](CC)CC3)CC2)cc1C. The lowest BCUT2D eigenvalue weighted by molar-refractivity contribution is 0.0917. The Kier molecular flexibility index (Phi) is 8.67. The zero-order valence-corrected chi connectivity index (χ0v) is 18.7. The molecule has 0 spiro atoms. The first-order valence-electron chi connectivity index (χ1n) is 12.3. The highest BCUT2D eigenvalue weighted by Crippen LogP contribution is 2.41. The molecular formula is C26H43NO. The third kappa shape index (κ3) is 6.22. The molecule has 2 heteroatoms. The summed E-state index contributed by atoms with van der Waals surface area (Å²) in [5.74, 6) is 3.96. The first-order chi connectivity index (χ1) is 13.7. The molecule has 158 valence electrons. The average molecular weight is 386 g/mol. The summed E-state index contributed by atoms with van der Waals surface area (Å²) in [6, 6.07) is 2.22. The van der Waals surface area contributed by atoms with E-state index in [4.69, 9.17) is 9.72 Å². The van der Waals surface area contributed by atoms with Crippen LogP contribution in [-0.4, -0.2) is 11.1 Å².